The van der Waals surface area contributed by atoms with Crippen LogP contribution < -0.4 is 4.90 Å². The van der Waals surface area contributed by atoms with Gasteiger partial charge in [0.25, 0.3) is 5.91 Å². The monoisotopic (exact) mass is 292 g/mol. The zero-order valence-corrected chi connectivity index (χ0v) is 12.7. The van der Waals surface area contributed by atoms with Crippen molar-refractivity contribution < 1.29 is 19.5 Å². The lowest BCUT2D eigenvalue weighted by molar-refractivity contribution is -0.142. The lowest BCUT2D eigenvalue weighted by Crippen LogP contribution is -2.42. The summed E-state index contributed by atoms with van der Waals surface area (Å²) in [7, 11) is 3.03. The van der Waals surface area contributed by atoms with Gasteiger partial charge >= 0.3 is 5.97 Å². The van der Waals surface area contributed by atoms with Crippen LogP contribution in [0.1, 0.15) is 30.6 Å². The summed E-state index contributed by atoms with van der Waals surface area (Å²) in [6, 6.07) is 5.75. The summed E-state index contributed by atoms with van der Waals surface area (Å²) in [6.45, 7) is 3.10. The largest absolute Gasteiger partial charge is 0.480 e. The molecular formula is C15H20N2O4. The van der Waals surface area contributed by atoms with Gasteiger partial charge in [0.15, 0.2) is 0 Å². The Bertz CT molecular complexity index is 556. The third-order valence-electron chi connectivity index (χ3n) is 3.43. The number of para-hydroxylation sites is 1. The van der Waals surface area contributed by atoms with Gasteiger partial charge in [-0.25, -0.2) is 4.79 Å². The number of benzene rings is 1. The van der Waals surface area contributed by atoms with E-state index in [1.165, 1.54) is 23.8 Å². The fourth-order valence-electron chi connectivity index (χ4n) is 2.06. The molecule has 1 rings (SSSR count). The van der Waals surface area contributed by atoms with E-state index in [1.54, 1.807) is 38.2 Å². The average molecular weight is 292 g/mol. The highest BCUT2D eigenvalue weighted by atomic mass is 16.4. The van der Waals surface area contributed by atoms with E-state index in [-0.39, 0.29) is 5.91 Å². The molecule has 0 aliphatic heterocycles. The van der Waals surface area contributed by atoms with Crippen molar-refractivity contribution >= 4 is 23.5 Å². The van der Waals surface area contributed by atoms with Gasteiger partial charge in [0.2, 0.25) is 5.91 Å². The van der Waals surface area contributed by atoms with E-state index in [1.807, 2.05) is 0 Å². The Morgan fingerprint density at radius 1 is 1.19 bits per heavy atom. The predicted octanol–water partition coefficient (Wildman–Crippen LogP) is 1.60. The molecule has 0 aromatic heterocycles. The van der Waals surface area contributed by atoms with Crippen molar-refractivity contribution in [2.24, 2.45) is 0 Å². The quantitative estimate of drug-likeness (QED) is 0.894. The second-order valence-corrected chi connectivity index (χ2v) is 4.77. The molecule has 114 valence electrons. The summed E-state index contributed by atoms with van der Waals surface area (Å²) in [5.41, 5.74) is 0.763. The maximum absolute atomic E-state index is 12.5. The number of aliphatic carboxylic acids is 1. The Balaban J connectivity index is 3.19. The van der Waals surface area contributed by atoms with Crippen molar-refractivity contribution in [1.29, 1.82) is 0 Å². The molecule has 1 atom stereocenters. The van der Waals surface area contributed by atoms with Crippen LogP contribution in [0.25, 0.3) is 0 Å². The Morgan fingerprint density at radius 3 is 2.24 bits per heavy atom. The molecule has 0 bridgehead atoms. The molecule has 0 radical (unpaired) electrons. The normalized spacial score (nSPS) is 11.6. The van der Waals surface area contributed by atoms with E-state index in [2.05, 4.69) is 0 Å². The molecule has 21 heavy (non-hydrogen) atoms. The molecule has 1 unspecified atom stereocenters. The van der Waals surface area contributed by atoms with Crippen LogP contribution in [0, 0.1) is 0 Å². The topological polar surface area (TPSA) is 77.9 Å². The number of carboxylic acid groups (broad SMARTS) is 1. The smallest absolute Gasteiger partial charge is 0.326 e. The SMILES string of the molecule is CCC(C(=O)O)N(C)C(=O)c1ccccc1N(C)C(C)=O. The first-order valence-corrected chi connectivity index (χ1v) is 6.64. The minimum absolute atomic E-state index is 0.205. The van der Waals surface area contributed by atoms with Gasteiger partial charge in [-0.05, 0) is 18.6 Å². The predicted molar refractivity (Wildman–Crippen MR) is 79.3 cm³/mol. The first-order valence-electron chi connectivity index (χ1n) is 6.64. The molecule has 0 fully saturated rings. The molecular weight excluding hydrogens is 272 g/mol. The summed E-state index contributed by atoms with van der Waals surface area (Å²) < 4.78 is 0. The standard InChI is InChI=1S/C15H20N2O4/c1-5-12(15(20)21)17(4)14(19)11-8-6-7-9-13(11)16(3)10(2)18/h6-9,12H,5H2,1-4H3,(H,20,21). The number of carboxylic acids is 1. The number of carbonyl (C=O) groups is 3. The summed E-state index contributed by atoms with van der Waals surface area (Å²) >= 11 is 0. The third-order valence-corrected chi connectivity index (χ3v) is 3.43. The van der Waals surface area contributed by atoms with Gasteiger partial charge < -0.3 is 14.9 Å². The van der Waals surface area contributed by atoms with Crippen LogP contribution in [0.2, 0.25) is 0 Å². The van der Waals surface area contributed by atoms with E-state index in [0.29, 0.717) is 17.7 Å². The minimum Gasteiger partial charge on any atom is -0.480 e. The van der Waals surface area contributed by atoms with Crippen LogP contribution >= 0.6 is 0 Å². The number of hydrogen-bond acceptors (Lipinski definition) is 3. The Labute approximate surface area is 124 Å². The molecule has 6 heteroatoms. The van der Waals surface area contributed by atoms with Gasteiger partial charge in [-0.15, -0.1) is 0 Å². The van der Waals surface area contributed by atoms with Crippen molar-refractivity contribution in [3.63, 3.8) is 0 Å². The molecule has 0 aliphatic rings. The third kappa shape index (κ3) is 3.59. The number of carbonyl (C=O) groups excluding carboxylic acids is 2. The van der Waals surface area contributed by atoms with Gasteiger partial charge in [0.05, 0.1) is 11.3 Å². The van der Waals surface area contributed by atoms with Crippen molar-refractivity contribution in [3.8, 4) is 0 Å². The number of likely N-dealkylation sites (N-methyl/N-ethyl adjacent to an activating group) is 1. The van der Waals surface area contributed by atoms with E-state index >= 15 is 0 Å². The summed E-state index contributed by atoms with van der Waals surface area (Å²) in [4.78, 5) is 37.7. The molecule has 0 aliphatic carbocycles. The first kappa shape index (κ1) is 16.7. The number of amides is 2. The second-order valence-electron chi connectivity index (χ2n) is 4.77. The molecule has 0 saturated carbocycles. The molecule has 1 aromatic carbocycles. The zero-order valence-electron chi connectivity index (χ0n) is 12.7. The summed E-state index contributed by atoms with van der Waals surface area (Å²) in [5, 5.41) is 9.15. The summed E-state index contributed by atoms with van der Waals surface area (Å²) in [6.07, 6.45) is 0.308. The van der Waals surface area contributed by atoms with Crippen molar-refractivity contribution in [3.05, 3.63) is 29.8 Å². The van der Waals surface area contributed by atoms with Gasteiger partial charge in [-0.1, -0.05) is 19.1 Å². The van der Waals surface area contributed by atoms with Crippen LogP contribution in [0.5, 0.6) is 0 Å². The van der Waals surface area contributed by atoms with Crippen LogP contribution in [-0.2, 0) is 9.59 Å². The van der Waals surface area contributed by atoms with E-state index in [0.717, 1.165) is 0 Å². The molecule has 0 saturated heterocycles. The molecule has 0 heterocycles. The van der Waals surface area contributed by atoms with E-state index in [4.69, 9.17) is 5.11 Å². The highest BCUT2D eigenvalue weighted by Crippen LogP contribution is 2.22. The fraction of sp³-hybridized carbons (Fsp3) is 0.400. The second kappa shape index (κ2) is 6.88. The van der Waals surface area contributed by atoms with Gasteiger partial charge in [-0.3, -0.25) is 9.59 Å². The van der Waals surface area contributed by atoms with E-state index < -0.39 is 17.9 Å². The number of rotatable bonds is 5. The number of hydrogen-bond donors (Lipinski definition) is 1. The Hall–Kier alpha value is -2.37. The van der Waals surface area contributed by atoms with E-state index in [9.17, 15) is 14.4 Å². The molecule has 2 amide bonds. The number of nitrogens with zero attached hydrogens (tertiary/aromatic N) is 2. The Kier molecular flexibility index (Phi) is 5.46. The van der Waals surface area contributed by atoms with Crippen LogP contribution in [0.3, 0.4) is 0 Å². The van der Waals surface area contributed by atoms with Crippen molar-refractivity contribution in [2.75, 3.05) is 19.0 Å². The minimum atomic E-state index is -1.05. The van der Waals surface area contributed by atoms with Crippen LogP contribution in [0.15, 0.2) is 24.3 Å². The molecule has 1 aromatic rings. The highest BCUT2D eigenvalue weighted by molar-refractivity contribution is 6.05. The van der Waals surface area contributed by atoms with Crippen LogP contribution in [0.4, 0.5) is 5.69 Å². The van der Waals surface area contributed by atoms with Crippen molar-refractivity contribution in [1.82, 2.24) is 4.90 Å². The molecule has 6 nitrogen and oxygen atoms in total. The van der Waals surface area contributed by atoms with Gasteiger partial charge in [-0.2, -0.15) is 0 Å². The lowest BCUT2D eigenvalue weighted by Gasteiger charge is -2.26. The maximum atomic E-state index is 12.5. The summed E-state index contributed by atoms with van der Waals surface area (Å²) in [5.74, 6) is -1.68. The fourth-order valence-corrected chi connectivity index (χ4v) is 2.06. The molecule has 1 N–H and O–H groups in total. The van der Waals surface area contributed by atoms with Crippen molar-refractivity contribution in [2.45, 2.75) is 26.3 Å². The maximum Gasteiger partial charge on any atom is 0.326 e. The average Bonchev–Trinajstić information content (AvgIpc) is 2.45. The van der Waals surface area contributed by atoms with Gasteiger partial charge in [0, 0.05) is 21.0 Å². The zero-order chi connectivity index (χ0) is 16.2. The Morgan fingerprint density at radius 2 is 1.76 bits per heavy atom. The molecule has 0 spiro atoms. The first-order chi connectivity index (χ1) is 9.81. The number of anilines is 1. The lowest BCUT2D eigenvalue weighted by atomic mass is 10.1. The highest BCUT2D eigenvalue weighted by Gasteiger charge is 2.27. The van der Waals surface area contributed by atoms with Crippen LogP contribution in [-0.4, -0.2) is 47.9 Å². The van der Waals surface area contributed by atoms with Gasteiger partial charge in [0.1, 0.15) is 6.04 Å².